The number of amides is 1. The highest BCUT2D eigenvalue weighted by atomic mass is 16.4. The van der Waals surface area contributed by atoms with Gasteiger partial charge in [-0.05, 0) is 32.4 Å². The number of hydrogen-bond acceptors (Lipinski definition) is 4. The largest absolute Gasteiger partial charge is 0.481 e. The molecule has 19 heavy (non-hydrogen) atoms. The van der Waals surface area contributed by atoms with E-state index >= 15 is 0 Å². The van der Waals surface area contributed by atoms with Gasteiger partial charge in [0, 0.05) is 30.9 Å². The van der Waals surface area contributed by atoms with E-state index in [9.17, 15) is 9.59 Å². The van der Waals surface area contributed by atoms with Gasteiger partial charge in [0.2, 0.25) is 0 Å². The number of anilines is 1. The van der Waals surface area contributed by atoms with Crippen LogP contribution in [0.3, 0.4) is 0 Å². The Morgan fingerprint density at radius 3 is 2.68 bits per heavy atom. The molecule has 0 saturated carbocycles. The van der Waals surface area contributed by atoms with Gasteiger partial charge in [-0.15, -0.1) is 0 Å². The van der Waals surface area contributed by atoms with Gasteiger partial charge >= 0.3 is 5.97 Å². The molecule has 0 bridgehead atoms. The van der Waals surface area contributed by atoms with E-state index in [4.69, 9.17) is 5.11 Å². The minimum atomic E-state index is -0.823. The Hall–Kier alpha value is -2.11. The number of rotatable bonds is 6. The Bertz CT molecular complexity index is 472. The molecule has 0 spiro atoms. The van der Waals surface area contributed by atoms with Crippen molar-refractivity contribution in [3.63, 3.8) is 0 Å². The Balaban J connectivity index is 2.75. The number of carboxylic acids is 1. The van der Waals surface area contributed by atoms with Gasteiger partial charge in [-0.3, -0.25) is 14.6 Å². The normalized spacial score (nSPS) is 10.9. The summed E-state index contributed by atoms with van der Waals surface area (Å²) in [5.74, 6) is -1.08. The van der Waals surface area contributed by atoms with Crippen LogP contribution in [0.2, 0.25) is 0 Å². The highest BCUT2D eigenvalue weighted by Crippen LogP contribution is 2.19. The van der Waals surface area contributed by atoms with Crippen molar-refractivity contribution in [2.45, 2.75) is 32.2 Å². The molecular weight excluding hydrogens is 246 g/mol. The van der Waals surface area contributed by atoms with Gasteiger partial charge in [-0.2, -0.15) is 0 Å². The molecule has 1 aromatic heterocycles. The molecule has 0 saturated heterocycles. The van der Waals surface area contributed by atoms with Crippen LogP contribution in [0.5, 0.6) is 0 Å². The molecule has 0 atom stereocenters. The fraction of sp³-hybridized carbons (Fsp3) is 0.462. The number of nitrogens with one attached hydrogen (secondary N) is 2. The lowest BCUT2D eigenvalue weighted by Crippen LogP contribution is -2.31. The summed E-state index contributed by atoms with van der Waals surface area (Å²) in [5, 5.41) is 14.4. The monoisotopic (exact) mass is 265 g/mol. The van der Waals surface area contributed by atoms with Gasteiger partial charge in [0.25, 0.3) is 5.91 Å². The second kappa shape index (κ2) is 6.17. The molecule has 0 aliphatic carbocycles. The second-order valence-electron chi connectivity index (χ2n) is 4.91. The minimum absolute atomic E-state index is 0.0907. The first-order chi connectivity index (χ1) is 8.84. The molecule has 1 aromatic rings. The fourth-order valence-electron chi connectivity index (χ4n) is 1.63. The Labute approximate surface area is 112 Å². The van der Waals surface area contributed by atoms with Gasteiger partial charge < -0.3 is 15.7 Å². The van der Waals surface area contributed by atoms with Crippen molar-refractivity contribution in [3.8, 4) is 0 Å². The van der Waals surface area contributed by atoms with Crippen LogP contribution in [0.15, 0.2) is 18.3 Å². The Morgan fingerprint density at radius 2 is 2.11 bits per heavy atom. The predicted molar refractivity (Wildman–Crippen MR) is 72.2 cm³/mol. The summed E-state index contributed by atoms with van der Waals surface area (Å²) in [6.07, 6.45) is 2.12. The molecule has 0 fully saturated rings. The zero-order valence-electron chi connectivity index (χ0n) is 11.4. The van der Waals surface area contributed by atoms with E-state index in [-0.39, 0.29) is 17.9 Å². The molecule has 1 amide bonds. The molecule has 0 radical (unpaired) electrons. The van der Waals surface area contributed by atoms with Crippen LogP contribution >= 0.6 is 0 Å². The van der Waals surface area contributed by atoms with Crippen LogP contribution in [-0.4, -0.2) is 34.6 Å². The molecule has 6 heteroatoms. The first-order valence-corrected chi connectivity index (χ1v) is 6.02. The van der Waals surface area contributed by atoms with E-state index in [2.05, 4.69) is 15.6 Å². The van der Waals surface area contributed by atoms with Crippen LogP contribution in [0.1, 0.15) is 37.2 Å². The molecule has 0 aromatic carbocycles. The Kier molecular flexibility index (Phi) is 4.86. The third-order valence-electron chi connectivity index (χ3n) is 2.67. The number of aliphatic carboxylic acids is 1. The predicted octanol–water partition coefficient (Wildman–Crippen LogP) is 1.50. The summed E-state index contributed by atoms with van der Waals surface area (Å²) in [4.78, 5) is 26.0. The SMILES string of the molecule is CNC(=O)c1cc(NC(C)(C)CCC(=O)O)ccn1. The molecule has 1 rings (SSSR count). The quantitative estimate of drug-likeness (QED) is 0.725. The first-order valence-electron chi connectivity index (χ1n) is 6.02. The number of pyridine rings is 1. The summed E-state index contributed by atoms with van der Waals surface area (Å²) >= 11 is 0. The van der Waals surface area contributed by atoms with E-state index < -0.39 is 5.97 Å². The summed E-state index contributed by atoms with van der Waals surface area (Å²) in [5.41, 5.74) is 0.685. The van der Waals surface area contributed by atoms with Crippen molar-refractivity contribution in [3.05, 3.63) is 24.0 Å². The van der Waals surface area contributed by atoms with Crippen molar-refractivity contribution >= 4 is 17.6 Å². The van der Waals surface area contributed by atoms with Gasteiger partial charge in [-0.1, -0.05) is 0 Å². The zero-order chi connectivity index (χ0) is 14.5. The Morgan fingerprint density at radius 1 is 1.42 bits per heavy atom. The lowest BCUT2D eigenvalue weighted by molar-refractivity contribution is -0.137. The van der Waals surface area contributed by atoms with Crippen molar-refractivity contribution in [2.75, 3.05) is 12.4 Å². The van der Waals surface area contributed by atoms with E-state index in [1.165, 1.54) is 0 Å². The molecule has 6 nitrogen and oxygen atoms in total. The average Bonchev–Trinajstić information content (AvgIpc) is 2.35. The highest BCUT2D eigenvalue weighted by Gasteiger charge is 2.19. The minimum Gasteiger partial charge on any atom is -0.481 e. The summed E-state index contributed by atoms with van der Waals surface area (Å²) in [6.45, 7) is 3.83. The molecule has 1 heterocycles. The van der Waals surface area contributed by atoms with Gasteiger partial charge in [0.1, 0.15) is 5.69 Å². The molecule has 104 valence electrons. The van der Waals surface area contributed by atoms with E-state index in [1.807, 2.05) is 13.8 Å². The van der Waals surface area contributed by atoms with Crippen LogP contribution in [0.25, 0.3) is 0 Å². The summed E-state index contributed by atoms with van der Waals surface area (Å²) < 4.78 is 0. The molecular formula is C13H19N3O3. The maximum atomic E-state index is 11.5. The maximum absolute atomic E-state index is 11.5. The number of nitrogens with zero attached hydrogens (tertiary/aromatic N) is 1. The molecule has 0 aliphatic rings. The summed E-state index contributed by atoms with van der Waals surface area (Å²) in [7, 11) is 1.54. The van der Waals surface area contributed by atoms with Crippen molar-refractivity contribution in [2.24, 2.45) is 0 Å². The van der Waals surface area contributed by atoms with E-state index in [0.717, 1.165) is 5.69 Å². The number of carboxylic acid groups (broad SMARTS) is 1. The lowest BCUT2D eigenvalue weighted by Gasteiger charge is -2.27. The van der Waals surface area contributed by atoms with Crippen LogP contribution < -0.4 is 10.6 Å². The smallest absolute Gasteiger partial charge is 0.303 e. The number of carbonyl (C=O) groups is 2. The lowest BCUT2D eigenvalue weighted by atomic mass is 9.98. The van der Waals surface area contributed by atoms with Crippen LogP contribution in [0, 0.1) is 0 Å². The maximum Gasteiger partial charge on any atom is 0.303 e. The van der Waals surface area contributed by atoms with Crippen molar-refractivity contribution in [1.29, 1.82) is 0 Å². The molecule has 3 N–H and O–H groups in total. The standard InChI is InChI=1S/C13H19N3O3/c1-13(2,6-4-11(17)18)16-9-5-7-15-10(8-9)12(19)14-3/h5,7-8H,4,6H2,1-3H3,(H,14,19)(H,15,16)(H,17,18). The van der Waals surface area contributed by atoms with E-state index in [1.54, 1.807) is 25.4 Å². The van der Waals surface area contributed by atoms with Gasteiger partial charge in [0.05, 0.1) is 0 Å². The average molecular weight is 265 g/mol. The molecule has 0 aliphatic heterocycles. The highest BCUT2D eigenvalue weighted by molar-refractivity contribution is 5.92. The fourth-order valence-corrected chi connectivity index (χ4v) is 1.63. The van der Waals surface area contributed by atoms with Crippen LogP contribution in [-0.2, 0) is 4.79 Å². The van der Waals surface area contributed by atoms with Gasteiger partial charge in [-0.25, -0.2) is 0 Å². The third kappa shape index (κ3) is 4.95. The topological polar surface area (TPSA) is 91.3 Å². The number of hydrogen-bond donors (Lipinski definition) is 3. The van der Waals surface area contributed by atoms with Gasteiger partial charge in [0.15, 0.2) is 0 Å². The summed E-state index contributed by atoms with van der Waals surface area (Å²) in [6, 6.07) is 3.39. The first kappa shape index (κ1) is 14.9. The van der Waals surface area contributed by atoms with Crippen molar-refractivity contribution in [1.82, 2.24) is 10.3 Å². The second-order valence-corrected chi connectivity index (χ2v) is 4.91. The molecule has 0 unspecified atom stereocenters. The van der Waals surface area contributed by atoms with Crippen LogP contribution in [0.4, 0.5) is 5.69 Å². The number of carbonyl (C=O) groups excluding carboxylic acids is 1. The van der Waals surface area contributed by atoms with Crippen molar-refractivity contribution < 1.29 is 14.7 Å². The number of aromatic nitrogens is 1. The third-order valence-corrected chi connectivity index (χ3v) is 2.67. The van der Waals surface area contributed by atoms with E-state index in [0.29, 0.717) is 12.1 Å². The zero-order valence-corrected chi connectivity index (χ0v) is 11.4.